The molecular formula is C8H2Cl2F3NO2. The Bertz CT molecular complexity index is 538. The van der Waals surface area contributed by atoms with E-state index in [9.17, 15) is 13.2 Å². The van der Waals surface area contributed by atoms with Crippen molar-refractivity contribution in [3.63, 3.8) is 0 Å². The van der Waals surface area contributed by atoms with E-state index in [4.69, 9.17) is 27.6 Å². The van der Waals surface area contributed by atoms with E-state index in [2.05, 4.69) is 9.72 Å². The fourth-order valence-electron chi connectivity index (χ4n) is 1.13. The van der Waals surface area contributed by atoms with Crippen LogP contribution in [0.4, 0.5) is 13.2 Å². The first-order chi connectivity index (χ1) is 7.35. The van der Waals surface area contributed by atoms with Gasteiger partial charge in [-0.25, -0.2) is 0 Å². The van der Waals surface area contributed by atoms with E-state index in [1.165, 1.54) is 0 Å². The van der Waals surface area contributed by atoms with Gasteiger partial charge in [0.25, 0.3) is 5.35 Å². The fourth-order valence-corrected chi connectivity index (χ4v) is 1.54. The maximum absolute atomic E-state index is 11.9. The first-order valence-electron chi connectivity index (χ1n) is 3.86. The Balaban J connectivity index is 2.49. The molecule has 0 radical (unpaired) electrons. The molecule has 86 valence electrons. The van der Waals surface area contributed by atoms with E-state index in [1.807, 2.05) is 0 Å². The van der Waals surface area contributed by atoms with Crippen LogP contribution in [0.5, 0.6) is 5.75 Å². The summed E-state index contributed by atoms with van der Waals surface area (Å²) in [4.78, 5) is 3.63. The van der Waals surface area contributed by atoms with Gasteiger partial charge in [0.2, 0.25) is 0 Å². The average molecular weight is 272 g/mol. The molecule has 1 aromatic heterocycles. The number of oxazole rings is 1. The van der Waals surface area contributed by atoms with Crippen LogP contribution in [0.15, 0.2) is 16.5 Å². The first kappa shape index (κ1) is 11.3. The molecule has 0 bridgehead atoms. The lowest BCUT2D eigenvalue weighted by Gasteiger charge is -2.08. The van der Waals surface area contributed by atoms with Crippen LogP contribution in [0.3, 0.4) is 0 Å². The SMILES string of the molecule is FC(F)(F)Oc1cc(Cl)c2oc(Cl)nc2c1. The highest BCUT2D eigenvalue weighted by Crippen LogP contribution is 2.33. The van der Waals surface area contributed by atoms with Crippen LogP contribution in [-0.4, -0.2) is 11.3 Å². The molecule has 0 spiro atoms. The predicted molar refractivity (Wildman–Crippen MR) is 50.7 cm³/mol. The number of halogens is 5. The highest BCUT2D eigenvalue weighted by atomic mass is 35.5. The molecule has 1 heterocycles. The Labute approximate surface area is 96.7 Å². The van der Waals surface area contributed by atoms with Gasteiger partial charge in [0.05, 0.1) is 5.02 Å². The van der Waals surface area contributed by atoms with Gasteiger partial charge in [-0.2, -0.15) is 4.98 Å². The normalized spacial score (nSPS) is 12.1. The van der Waals surface area contributed by atoms with Gasteiger partial charge in [0, 0.05) is 12.1 Å². The fraction of sp³-hybridized carbons (Fsp3) is 0.125. The Kier molecular flexibility index (Phi) is 2.63. The van der Waals surface area contributed by atoms with Crippen LogP contribution in [0.25, 0.3) is 11.1 Å². The molecule has 0 atom stereocenters. The van der Waals surface area contributed by atoms with Crippen molar-refractivity contribution in [2.24, 2.45) is 0 Å². The predicted octanol–water partition coefficient (Wildman–Crippen LogP) is 4.03. The van der Waals surface area contributed by atoms with Gasteiger partial charge in [-0.1, -0.05) is 11.6 Å². The van der Waals surface area contributed by atoms with Crippen LogP contribution in [0, 0.1) is 0 Å². The Morgan fingerprint density at radius 1 is 1.25 bits per heavy atom. The zero-order chi connectivity index (χ0) is 11.9. The molecular weight excluding hydrogens is 270 g/mol. The molecule has 16 heavy (non-hydrogen) atoms. The third-order valence-electron chi connectivity index (χ3n) is 1.63. The minimum absolute atomic E-state index is 0.0591. The Morgan fingerprint density at radius 2 is 1.94 bits per heavy atom. The van der Waals surface area contributed by atoms with Crippen molar-refractivity contribution in [3.8, 4) is 5.75 Å². The molecule has 0 amide bonds. The monoisotopic (exact) mass is 271 g/mol. The average Bonchev–Trinajstić information content (AvgIpc) is 2.42. The van der Waals surface area contributed by atoms with Gasteiger partial charge < -0.3 is 9.15 Å². The van der Waals surface area contributed by atoms with E-state index in [-0.39, 0.29) is 21.5 Å². The van der Waals surface area contributed by atoms with Crippen LogP contribution in [0.1, 0.15) is 0 Å². The van der Waals surface area contributed by atoms with Crippen molar-refractivity contribution in [2.75, 3.05) is 0 Å². The van der Waals surface area contributed by atoms with E-state index >= 15 is 0 Å². The minimum atomic E-state index is -4.79. The van der Waals surface area contributed by atoms with E-state index < -0.39 is 12.1 Å². The van der Waals surface area contributed by atoms with Crippen LogP contribution < -0.4 is 4.74 Å². The molecule has 1 aromatic carbocycles. The summed E-state index contributed by atoms with van der Waals surface area (Å²) in [6.45, 7) is 0. The molecule has 0 aliphatic heterocycles. The standard InChI is InChI=1S/C8H2Cl2F3NO2/c9-4-1-3(16-8(11,12)13)2-5-6(4)15-7(10)14-5/h1-2H. The van der Waals surface area contributed by atoms with E-state index in [1.54, 1.807) is 0 Å². The van der Waals surface area contributed by atoms with E-state index in [0.717, 1.165) is 12.1 Å². The number of fused-ring (bicyclic) bond motifs is 1. The van der Waals surface area contributed by atoms with Crippen molar-refractivity contribution in [3.05, 3.63) is 22.5 Å². The topological polar surface area (TPSA) is 35.3 Å². The van der Waals surface area contributed by atoms with Crippen molar-refractivity contribution in [1.82, 2.24) is 4.98 Å². The highest BCUT2D eigenvalue weighted by Gasteiger charge is 2.31. The number of alkyl halides is 3. The largest absolute Gasteiger partial charge is 0.573 e. The third-order valence-corrected chi connectivity index (χ3v) is 2.07. The van der Waals surface area contributed by atoms with Crippen molar-refractivity contribution in [2.45, 2.75) is 6.36 Å². The molecule has 0 aliphatic carbocycles. The molecule has 0 saturated heterocycles. The summed E-state index contributed by atoms with van der Waals surface area (Å²) in [6, 6.07) is 2.00. The Hall–Kier alpha value is -1.14. The maximum atomic E-state index is 11.9. The number of benzene rings is 1. The molecule has 8 heteroatoms. The van der Waals surface area contributed by atoms with Crippen molar-refractivity contribution in [1.29, 1.82) is 0 Å². The summed E-state index contributed by atoms with van der Waals surface area (Å²) in [5.74, 6) is -0.477. The quantitative estimate of drug-likeness (QED) is 0.786. The molecule has 2 aromatic rings. The van der Waals surface area contributed by atoms with Crippen LogP contribution in [0.2, 0.25) is 10.4 Å². The second kappa shape index (κ2) is 3.71. The second-order valence-electron chi connectivity index (χ2n) is 2.77. The molecule has 2 rings (SSSR count). The lowest BCUT2D eigenvalue weighted by atomic mass is 10.3. The molecule has 0 aliphatic rings. The lowest BCUT2D eigenvalue weighted by molar-refractivity contribution is -0.274. The summed E-state index contributed by atoms with van der Waals surface area (Å²) in [5.41, 5.74) is 0.206. The number of aromatic nitrogens is 1. The smallest absolute Gasteiger partial charge is 0.426 e. The molecule has 3 nitrogen and oxygen atoms in total. The van der Waals surface area contributed by atoms with Gasteiger partial charge in [-0.15, -0.1) is 13.2 Å². The molecule has 0 unspecified atom stereocenters. The molecule has 0 saturated carbocycles. The third kappa shape index (κ3) is 2.33. The number of hydrogen-bond donors (Lipinski definition) is 0. The number of nitrogens with zero attached hydrogens (tertiary/aromatic N) is 1. The zero-order valence-electron chi connectivity index (χ0n) is 7.31. The van der Waals surface area contributed by atoms with Gasteiger partial charge in [0.15, 0.2) is 5.58 Å². The van der Waals surface area contributed by atoms with Crippen molar-refractivity contribution < 1.29 is 22.3 Å². The number of hydrogen-bond acceptors (Lipinski definition) is 3. The highest BCUT2D eigenvalue weighted by molar-refractivity contribution is 6.35. The van der Waals surface area contributed by atoms with Gasteiger partial charge >= 0.3 is 6.36 Å². The summed E-state index contributed by atoms with van der Waals surface area (Å²) < 4.78 is 44.4. The Morgan fingerprint density at radius 3 is 2.56 bits per heavy atom. The molecule has 0 fully saturated rings. The van der Waals surface area contributed by atoms with Crippen LogP contribution in [-0.2, 0) is 0 Å². The van der Waals surface area contributed by atoms with Crippen LogP contribution >= 0.6 is 23.2 Å². The number of ether oxygens (including phenoxy) is 1. The molecule has 0 N–H and O–H groups in total. The summed E-state index contributed by atoms with van der Waals surface area (Å²) in [6.07, 6.45) is -4.79. The second-order valence-corrected chi connectivity index (χ2v) is 3.50. The maximum Gasteiger partial charge on any atom is 0.573 e. The summed E-state index contributed by atoms with van der Waals surface area (Å²) in [5, 5.41) is -0.266. The van der Waals surface area contributed by atoms with Gasteiger partial charge in [-0.05, 0) is 11.6 Å². The van der Waals surface area contributed by atoms with Gasteiger partial charge in [0.1, 0.15) is 11.3 Å². The summed E-state index contributed by atoms with van der Waals surface area (Å²) in [7, 11) is 0. The van der Waals surface area contributed by atoms with E-state index in [0.29, 0.717) is 0 Å². The number of rotatable bonds is 1. The van der Waals surface area contributed by atoms with Crippen molar-refractivity contribution >= 4 is 34.3 Å². The zero-order valence-corrected chi connectivity index (χ0v) is 8.82. The summed E-state index contributed by atoms with van der Waals surface area (Å²) >= 11 is 11.1. The first-order valence-corrected chi connectivity index (χ1v) is 4.62. The van der Waals surface area contributed by atoms with Gasteiger partial charge in [-0.3, -0.25) is 0 Å². The lowest BCUT2D eigenvalue weighted by Crippen LogP contribution is -2.17. The minimum Gasteiger partial charge on any atom is -0.426 e.